The number of allylic oxidation sites excluding steroid dienone is 3. The minimum Gasteiger partial charge on any atom is -0.463 e. The molecule has 1 rings (SSSR count). The van der Waals surface area contributed by atoms with Crippen molar-refractivity contribution in [1.29, 1.82) is 0 Å². The number of rotatable bonds is 8. The van der Waals surface area contributed by atoms with Gasteiger partial charge < -0.3 is 9.47 Å². The Morgan fingerprint density at radius 1 is 1.36 bits per heavy atom. The highest BCUT2D eigenvalue weighted by Crippen LogP contribution is 2.21. The van der Waals surface area contributed by atoms with Crippen molar-refractivity contribution in [1.82, 2.24) is 0 Å². The zero-order chi connectivity index (χ0) is 16.5. The first-order valence-electron chi connectivity index (χ1n) is 7.64. The number of esters is 2. The van der Waals surface area contributed by atoms with Gasteiger partial charge in [-0.3, -0.25) is 14.4 Å². The molecule has 0 heterocycles. The van der Waals surface area contributed by atoms with Crippen LogP contribution in [0.5, 0.6) is 0 Å². The number of unbranched alkanes of at least 4 members (excludes halogenated alkanes) is 1. The molecule has 0 aromatic heterocycles. The van der Waals surface area contributed by atoms with Gasteiger partial charge in [0.05, 0.1) is 12.5 Å². The summed E-state index contributed by atoms with van der Waals surface area (Å²) in [6.45, 7) is 4.99. The fraction of sp³-hybridized carbons (Fsp3) is 0.588. The van der Waals surface area contributed by atoms with Crippen LogP contribution in [0.25, 0.3) is 0 Å². The first-order valence-corrected chi connectivity index (χ1v) is 7.64. The van der Waals surface area contributed by atoms with Gasteiger partial charge in [0.25, 0.3) is 0 Å². The summed E-state index contributed by atoms with van der Waals surface area (Å²) in [7, 11) is 0. The lowest BCUT2D eigenvalue weighted by Crippen LogP contribution is -2.12. The van der Waals surface area contributed by atoms with Crippen LogP contribution in [0, 0.1) is 0 Å². The van der Waals surface area contributed by atoms with Gasteiger partial charge in [0.15, 0.2) is 5.78 Å². The van der Waals surface area contributed by atoms with Gasteiger partial charge in [-0.25, -0.2) is 0 Å². The summed E-state index contributed by atoms with van der Waals surface area (Å²) < 4.78 is 10.0. The molecule has 1 aliphatic carbocycles. The Bertz CT molecular complexity index is 473. The minimum absolute atomic E-state index is 0.0245. The number of hydrogen-bond acceptors (Lipinski definition) is 5. The number of ether oxygens (including phenoxy) is 2. The van der Waals surface area contributed by atoms with Crippen LogP contribution in [0.4, 0.5) is 0 Å². The molecule has 122 valence electrons. The summed E-state index contributed by atoms with van der Waals surface area (Å²) >= 11 is 0. The van der Waals surface area contributed by atoms with Crippen LogP contribution in [0.3, 0.4) is 0 Å². The predicted octanol–water partition coefficient (Wildman–Crippen LogP) is 2.89. The van der Waals surface area contributed by atoms with Crippen LogP contribution >= 0.6 is 0 Å². The average molecular weight is 308 g/mol. The highest BCUT2D eigenvalue weighted by atomic mass is 16.5. The van der Waals surface area contributed by atoms with Crippen molar-refractivity contribution in [2.24, 2.45) is 0 Å². The van der Waals surface area contributed by atoms with Crippen molar-refractivity contribution >= 4 is 17.7 Å². The standard InChI is InChI=1S/C17H24O5/c1-12(2)21-17(20)9-7-5-4-6-8-14-10-15(11-16(14)19)22-13(3)18/h4,6,10,12,15H,5,7-9,11H2,1-3H3/b6-4+/t15-/m0/s1. The van der Waals surface area contributed by atoms with E-state index in [1.807, 2.05) is 26.0 Å². The van der Waals surface area contributed by atoms with Crippen molar-refractivity contribution in [2.75, 3.05) is 0 Å². The minimum atomic E-state index is -0.417. The summed E-state index contributed by atoms with van der Waals surface area (Å²) in [5, 5.41) is 0. The van der Waals surface area contributed by atoms with Crippen LogP contribution < -0.4 is 0 Å². The van der Waals surface area contributed by atoms with Crippen molar-refractivity contribution in [3.05, 3.63) is 23.8 Å². The molecule has 0 aliphatic heterocycles. The summed E-state index contributed by atoms with van der Waals surface area (Å²) in [6.07, 6.45) is 7.76. The van der Waals surface area contributed by atoms with Gasteiger partial charge in [0, 0.05) is 13.3 Å². The first kappa shape index (κ1) is 18.1. The smallest absolute Gasteiger partial charge is 0.306 e. The Morgan fingerprint density at radius 3 is 2.73 bits per heavy atom. The molecule has 22 heavy (non-hydrogen) atoms. The SMILES string of the molecule is CC(=O)O[C@H]1C=C(C/C=C/CCCC(=O)OC(C)C)C(=O)C1. The molecule has 0 unspecified atom stereocenters. The van der Waals surface area contributed by atoms with Crippen LogP contribution in [-0.4, -0.2) is 29.9 Å². The number of Topliss-reactive ketones (excluding diaryl/α,β-unsaturated/α-hetero) is 1. The fourth-order valence-corrected chi connectivity index (χ4v) is 2.18. The maximum atomic E-state index is 11.7. The summed E-state index contributed by atoms with van der Waals surface area (Å²) in [4.78, 5) is 33.9. The van der Waals surface area contributed by atoms with Gasteiger partial charge >= 0.3 is 11.9 Å². The molecule has 0 radical (unpaired) electrons. The Morgan fingerprint density at radius 2 is 2.09 bits per heavy atom. The Hall–Kier alpha value is -1.91. The third-order valence-corrected chi connectivity index (χ3v) is 3.07. The molecule has 5 nitrogen and oxygen atoms in total. The lowest BCUT2D eigenvalue weighted by molar-refractivity contribution is -0.147. The summed E-state index contributed by atoms with van der Waals surface area (Å²) in [5.41, 5.74) is 0.682. The van der Waals surface area contributed by atoms with Gasteiger partial charge in [-0.2, -0.15) is 0 Å². The van der Waals surface area contributed by atoms with E-state index in [0.717, 1.165) is 12.8 Å². The van der Waals surface area contributed by atoms with Crippen molar-refractivity contribution in [2.45, 2.75) is 65.1 Å². The van der Waals surface area contributed by atoms with E-state index in [2.05, 4.69) is 0 Å². The molecule has 0 fully saturated rings. The van der Waals surface area contributed by atoms with Gasteiger partial charge in [0.2, 0.25) is 0 Å². The Balaban J connectivity index is 2.24. The van der Waals surface area contributed by atoms with Crippen LogP contribution in [0.15, 0.2) is 23.8 Å². The molecule has 0 aromatic rings. The fourth-order valence-electron chi connectivity index (χ4n) is 2.18. The second kappa shape index (κ2) is 9.18. The molecular formula is C17H24O5. The van der Waals surface area contributed by atoms with E-state index in [1.165, 1.54) is 6.92 Å². The quantitative estimate of drug-likeness (QED) is 0.392. The molecule has 0 aromatic carbocycles. The van der Waals surface area contributed by atoms with Gasteiger partial charge in [-0.1, -0.05) is 12.2 Å². The maximum absolute atomic E-state index is 11.7. The van der Waals surface area contributed by atoms with Gasteiger partial charge in [-0.05, 0) is 44.8 Å². The molecule has 0 spiro atoms. The average Bonchev–Trinajstić information content (AvgIpc) is 2.72. The van der Waals surface area contributed by atoms with Crippen molar-refractivity contribution in [3.8, 4) is 0 Å². The highest BCUT2D eigenvalue weighted by molar-refractivity contribution is 5.98. The van der Waals surface area contributed by atoms with E-state index in [-0.39, 0.29) is 30.2 Å². The molecular weight excluding hydrogens is 284 g/mol. The number of carbonyl (C=O) groups is 3. The molecule has 0 saturated carbocycles. The first-order chi connectivity index (χ1) is 10.4. The van der Waals surface area contributed by atoms with E-state index in [9.17, 15) is 14.4 Å². The lowest BCUT2D eigenvalue weighted by atomic mass is 10.1. The number of ketones is 1. The molecule has 0 N–H and O–H groups in total. The molecule has 1 aliphatic rings. The largest absolute Gasteiger partial charge is 0.463 e. The number of carbonyl (C=O) groups excluding carboxylic acids is 3. The lowest BCUT2D eigenvalue weighted by Gasteiger charge is -2.06. The highest BCUT2D eigenvalue weighted by Gasteiger charge is 2.24. The van der Waals surface area contributed by atoms with E-state index in [0.29, 0.717) is 18.4 Å². The normalized spacial score (nSPS) is 17.9. The second-order valence-electron chi connectivity index (χ2n) is 5.57. The molecule has 0 bridgehead atoms. The van der Waals surface area contributed by atoms with Crippen molar-refractivity contribution in [3.63, 3.8) is 0 Å². The summed E-state index contributed by atoms with van der Waals surface area (Å²) in [5.74, 6) is -0.531. The van der Waals surface area contributed by atoms with Crippen LogP contribution in [0.2, 0.25) is 0 Å². The Kier molecular flexibility index (Phi) is 7.57. The number of hydrogen-bond donors (Lipinski definition) is 0. The predicted molar refractivity (Wildman–Crippen MR) is 82.1 cm³/mol. The molecule has 5 heteroatoms. The van der Waals surface area contributed by atoms with Crippen LogP contribution in [0.1, 0.15) is 52.9 Å². The molecule has 0 saturated heterocycles. The zero-order valence-corrected chi connectivity index (χ0v) is 13.5. The second-order valence-corrected chi connectivity index (χ2v) is 5.57. The molecule has 0 amide bonds. The van der Waals surface area contributed by atoms with E-state index in [4.69, 9.17) is 9.47 Å². The van der Waals surface area contributed by atoms with Crippen molar-refractivity contribution < 1.29 is 23.9 Å². The third-order valence-electron chi connectivity index (χ3n) is 3.07. The zero-order valence-electron chi connectivity index (χ0n) is 13.5. The van der Waals surface area contributed by atoms with Gasteiger partial charge in [0.1, 0.15) is 6.10 Å². The van der Waals surface area contributed by atoms with E-state index in [1.54, 1.807) is 6.08 Å². The Labute approximate surface area is 131 Å². The van der Waals surface area contributed by atoms with E-state index < -0.39 is 6.10 Å². The van der Waals surface area contributed by atoms with E-state index >= 15 is 0 Å². The topological polar surface area (TPSA) is 69.7 Å². The summed E-state index contributed by atoms with van der Waals surface area (Å²) in [6, 6.07) is 0. The monoisotopic (exact) mass is 308 g/mol. The van der Waals surface area contributed by atoms with Crippen LogP contribution in [-0.2, 0) is 23.9 Å². The van der Waals surface area contributed by atoms with Gasteiger partial charge in [-0.15, -0.1) is 0 Å². The third kappa shape index (κ3) is 7.20. The maximum Gasteiger partial charge on any atom is 0.306 e. The molecule has 1 atom stereocenters.